The number of hydrogen-bond donors (Lipinski definition) is 1. The normalized spacial score (nSPS) is 25.4. The minimum Gasteiger partial charge on any atom is -0.303 e. The Morgan fingerprint density at radius 3 is 3.07 bits per heavy atom. The molecule has 1 aliphatic carbocycles. The summed E-state index contributed by atoms with van der Waals surface area (Å²) in [6, 6.07) is -0.691. The quantitative estimate of drug-likeness (QED) is 0.842. The Bertz CT molecular complexity index is 289. The Labute approximate surface area is 84.9 Å². The van der Waals surface area contributed by atoms with Crippen molar-refractivity contribution in [2.45, 2.75) is 37.8 Å². The molecular formula is C8H11F2N3S. The van der Waals surface area contributed by atoms with Crippen LogP contribution in [-0.2, 0) is 6.54 Å². The highest BCUT2D eigenvalue weighted by molar-refractivity contribution is 6.99. The highest BCUT2D eigenvalue weighted by atomic mass is 32.1. The third kappa shape index (κ3) is 2.06. The van der Waals surface area contributed by atoms with E-state index in [2.05, 4.69) is 14.1 Å². The lowest BCUT2D eigenvalue weighted by Crippen LogP contribution is -2.40. The van der Waals surface area contributed by atoms with E-state index in [0.717, 1.165) is 17.4 Å². The minimum absolute atomic E-state index is 0.0000177. The van der Waals surface area contributed by atoms with Crippen LogP contribution in [-0.4, -0.2) is 20.7 Å². The van der Waals surface area contributed by atoms with Crippen molar-refractivity contribution in [2.24, 2.45) is 0 Å². The molecule has 0 bridgehead atoms. The van der Waals surface area contributed by atoms with E-state index in [1.807, 2.05) is 0 Å². The highest BCUT2D eigenvalue weighted by Crippen LogP contribution is 2.35. The molecule has 1 atom stereocenters. The fourth-order valence-corrected chi connectivity index (χ4v) is 2.10. The van der Waals surface area contributed by atoms with Crippen molar-refractivity contribution in [3.05, 3.63) is 11.9 Å². The summed E-state index contributed by atoms with van der Waals surface area (Å²) in [5.41, 5.74) is 0.734. The summed E-state index contributed by atoms with van der Waals surface area (Å²) in [7, 11) is 0. The van der Waals surface area contributed by atoms with E-state index >= 15 is 0 Å². The number of nitrogens with zero attached hydrogens (tertiary/aromatic N) is 2. The molecule has 78 valence electrons. The lowest BCUT2D eigenvalue weighted by Gasteiger charge is -2.19. The highest BCUT2D eigenvalue weighted by Gasteiger charge is 2.43. The lowest BCUT2D eigenvalue weighted by atomic mass is 10.2. The molecule has 0 spiro atoms. The molecule has 1 aromatic heterocycles. The molecule has 1 unspecified atom stereocenters. The SMILES string of the molecule is FC1(F)CCCC1NCc1cnsn1. The Morgan fingerprint density at radius 1 is 1.64 bits per heavy atom. The van der Waals surface area contributed by atoms with Gasteiger partial charge in [0, 0.05) is 13.0 Å². The molecule has 1 fully saturated rings. The molecule has 2 rings (SSSR count). The van der Waals surface area contributed by atoms with E-state index < -0.39 is 12.0 Å². The van der Waals surface area contributed by atoms with E-state index in [9.17, 15) is 8.78 Å². The van der Waals surface area contributed by atoms with Gasteiger partial charge in [-0.25, -0.2) is 8.78 Å². The Hall–Kier alpha value is -0.620. The van der Waals surface area contributed by atoms with E-state index in [0.29, 0.717) is 19.4 Å². The zero-order chi connectivity index (χ0) is 10.0. The van der Waals surface area contributed by atoms with Gasteiger partial charge < -0.3 is 5.32 Å². The maximum absolute atomic E-state index is 13.1. The second-order valence-electron chi connectivity index (χ2n) is 3.49. The van der Waals surface area contributed by atoms with Gasteiger partial charge in [0.1, 0.15) is 0 Å². The van der Waals surface area contributed by atoms with Gasteiger partial charge in [0.05, 0.1) is 29.7 Å². The maximum atomic E-state index is 13.1. The summed E-state index contributed by atoms with van der Waals surface area (Å²) in [4.78, 5) is 0. The van der Waals surface area contributed by atoms with E-state index in [1.165, 1.54) is 0 Å². The summed E-state index contributed by atoms with van der Waals surface area (Å²) in [6.07, 6.45) is 2.75. The number of rotatable bonds is 3. The summed E-state index contributed by atoms with van der Waals surface area (Å²) >= 11 is 1.09. The second-order valence-corrected chi connectivity index (χ2v) is 4.04. The third-order valence-corrected chi connectivity index (χ3v) is 2.97. The van der Waals surface area contributed by atoms with E-state index in [-0.39, 0.29) is 6.42 Å². The summed E-state index contributed by atoms with van der Waals surface area (Å²) in [6.45, 7) is 0.386. The molecule has 0 saturated heterocycles. The Kier molecular flexibility index (Phi) is 2.73. The molecule has 1 aromatic rings. The molecule has 0 aromatic carbocycles. The molecule has 14 heavy (non-hydrogen) atoms. The van der Waals surface area contributed by atoms with Crippen molar-refractivity contribution < 1.29 is 8.78 Å². The molecule has 6 heteroatoms. The van der Waals surface area contributed by atoms with Gasteiger partial charge in [-0.15, -0.1) is 0 Å². The first kappa shape index (κ1) is 9.92. The number of nitrogens with one attached hydrogen (secondary N) is 1. The van der Waals surface area contributed by atoms with Gasteiger partial charge in [0.15, 0.2) is 0 Å². The molecule has 1 N–H and O–H groups in total. The van der Waals surface area contributed by atoms with Crippen LogP contribution in [0.25, 0.3) is 0 Å². The Balaban J connectivity index is 1.86. The van der Waals surface area contributed by atoms with Crippen LogP contribution in [0.15, 0.2) is 6.20 Å². The molecule has 0 amide bonds. The van der Waals surface area contributed by atoms with Crippen molar-refractivity contribution in [2.75, 3.05) is 0 Å². The van der Waals surface area contributed by atoms with Crippen molar-refractivity contribution in [3.8, 4) is 0 Å². The van der Waals surface area contributed by atoms with Gasteiger partial charge in [-0.2, -0.15) is 8.75 Å². The topological polar surface area (TPSA) is 37.8 Å². The zero-order valence-corrected chi connectivity index (χ0v) is 8.36. The first-order chi connectivity index (χ1) is 6.68. The van der Waals surface area contributed by atoms with Crippen LogP contribution in [0, 0.1) is 0 Å². The number of alkyl halides is 2. The van der Waals surface area contributed by atoms with E-state index in [4.69, 9.17) is 0 Å². The summed E-state index contributed by atoms with van der Waals surface area (Å²) in [5.74, 6) is -2.55. The number of aromatic nitrogens is 2. The smallest absolute Gasteiger partial charge is 0.263 e. The molecule has 0 radical (unpaired) electrons. The van der Waals surface area contributed by atoms with Crippen LogP contribution in [0.5, 0.6) is 0 Å². The molecule has 1 saturated carbocycles. The number of hydrogen-bond acceptors (Lipinski definition) is 4. The molecular weight excluding hydrogens is 208 g/mol. The van der Waals surface area contributed by atoms with Crippen LogP contribution >= 0.6 is 11.7 Å². The predicted octanol–water partition coefficient (Wildman–Crippen LogP) is 1.82. The third-order valence-electron chi connectivity index (χ3n) is 2.45. The average molecular weight is 219 g/mol. The minimum atomic E-state index is -2.55. The largest absolute Gasteiger partial charge is 0.303 e. The van der Waals surface area contributed by atoms with Gasteiger partial charge in [0.2, 0.25) is 0 Å². The first-order valence-corrected chi connectivity index (χ1v) is 5.29. The van der Waals surface area contributed by atoms with Gasteiger partial charge in [-0.05, 0) is 12.8 Å². The Morgan fingerprint density at radius 2 is 2.50 bits per heavy atom. The van der Waals surface area contributed by atoms with Crippen molar-refractivity contribution in [3.63, 3.8) is 0 Å². The first-order valence-electron chi connectivity index (χ1n) is 4.56. The summed E-state index contributed by atoms with van der Waals surface area (Å²) < 4.78 is 34.0. The standard InChI is InChI=1S/C8H11F2N3S/c9-8(10)3-1-2-7(8)11-4-6-5-12-14-13-6/h5,7,11H,1-4H2. The van der Waals surface area contributed by atoms with E-state index in [1.54, 1.807) is 6.20 Å². The second kappa shape index (κ2) is 3.86. The average Bonchev–Trinajstić information content (AvgIpc) is 2.71. The van der Waals surface area contributed by atoms with Crippen LogP contribution < -0.4 is 5.32 Å². The lowest BCUT2D eigenvalue weighted by molar-refractivity contribution is -0.0183. The molecule has 1 heterocycles. The van der Waals surface area contributed by atoms with Gasteiger partial charge >= 0.3 is 0 Å². The van der Waals surface area contributed by atoms with Crippen LogP contribution in [0.2, 0.25) is 0 Å². The van der Waals surface area contributed by atoms with Crippen LogP contribution in [0.3, 0.4) is 0 Å². The summed E-state index contributed by atoms with van der Waals surface area (Å²) in [5, 5.41) is 2.83. The van der Waals surface area contributed by atoms with Crippen LogP contribution in [0.1, 0.15) is 25.0 Å². The van der Waals surface area contributed by atoms with Crippen molar-refractivity contribution in [1.29, 1.82) is 0 Å². The number of halogens is 2. The van der Waals surface area contributed by atoms with Gasteiger partial charge in [-0.3, -0.25) is 0 Å². The van der Waals surface area contributed by atoms with Crippen molar-refractivity contribution >= 4 is 11.7 Å². The predicted molar refractivity (Wildman–Crippen MR) is 49.3 cm³/mol. The zero-order valence-electron chi connectivity index (χ0n) is 7.54. The van der Waals surface area contributed by atoms with Crippen LogP contribution in [0.4, 0.5) is 8.78 Å². The fraction of sp³-hybridized carbons (Fsp3) is 0.750. The fourth-order valence-electron chi connectivity index (χ4n) is 1.67. The van der Waals surface area contributed by atoms with Gasteiger partial charge in [-0.1, -0.05) is 0 Å². The van der Waals surface area contributed by atoms with Crippen molar-refractivity contribution in [1.82, 2.24) is 14.1 Å². The molecule has 0 aliphatic heterocycles. The van der Waals surface area contributed by atoms with Gasteiger partial charge in [0.25, 0.3) is 5.92 Å². The molecule has 1 aliphatic rings. The maximum Gasteiger partial charge on any atom is 0.263 e. The molecule has 3 nitrogen and oxygen atoms in total. The monoisotopic (exact) mass is 219 g/mol.